The summed E-state index contributed by atoms with van der Waals surface area (Å²) in [6.45, 7) is 3.07. The van der Waals surface area contributed by atoms with Gasteiger partial charge in [-0.2, -0.15) is 0 Å². The third kappa shape index (κ3) is 2.47. The Morgan fingerprint density at radius 3 is 2.89 bits per heavy atom. The van der Waals surface area contributed by atoms with Crippen LogP contribution in [0.25, 0.3) is 0 Å². The Balaban J connectivity index is 2.26. The number of amides is 1. The number of nitrogens with zero attached hydrogens (tertiary/aromatic N) is 1. The van der Waals surface area contributed by atoms with Crippen LogP contribution < -0.4 is 16.0 Å². The molecular formula is C13H17ClFN3O. The molecule has 1 aromatic rings. The van der Waals surface area contributed by atoms with Gasteiger partial charge in [-0.3, -0.25) is 4.79 Å². The van der Waals surface area contributed by atoms with Crippen LogP contribution in [-0.2, 0) is 4.79 Å². The number of hydrogen-bond donors (Lipinski definition) is 2. The summed E-state index contributed by atoms with van der Waals surface area (Å²) >= 11 is 5.68. The molecule has 0 aromatic heterocycles. The van der Waals surface area contributed by atoms with Crippen molar-refractivity contribution in [2.75, 3.05) is 30.8 Å². The number of benzene rings is 1. The zero-order valence-corrected chi connectivity index (χ0v) is 11.7. The molecule has 2 rings (SSSR count). The first-order valence-electron chi connectivity index (χ1n) is 6.09. The lowest BCUT2D eigenvalue weighted by atomic mass is 9.89. The monoisotopic (exact) mass is 285 g/mol. The first kappa shape index (κ1) is 13.9. The van der Waals surface area contributed by atoms with Crippen LogP contribution in [0.5, 0.6) is 0 Å². The van der Waals surface area contributed by atoms with Crippen LogP contribution in [0.15, 0.2) is 12.1 Å². The molecule has 6 heteroatoms. The van der Waals surface area contributed by atoms with Gasteiger partial charge in [-0.1, -0.05) is 11.6 Å². The van der Waals surface area contributed by atoms with Crippen LogP contribution in [0.1, 0.15) is 13.3 Å². The highest BCUT2D eigenvalue weighted by Gasteiger charge is 2.40. The van der Waals surface area contributed by atoms with Gasteiger partial charge in [0.05, 0.1) is 21.8 Å². The van der Waals surface area contributed by atoms with Crippen molar-refractivity contribution in [2.45, 2.75) is 13.3 Å². The molecule has 1 amide bonds. The quantitative estimate of drug-likeness (QED) is 0.818. The fraction of sp³-hybridized carbons (Fsp3) is 0.462. The highest BCUT2D eigenvalue weighted by atomic mass is 35.5. The Kier molecular flexibility index (Phi) is 3.58. The number of carbonyl (C=O) groups is 1. The highest BCUT2D eigenvalue weighted by molar-refractivity contribution is 6.31. The van der Waals surface area contributed by atoms with Gasteiger partial charge in [-0.25, -0.2) is 4.39 Å². The third-order valence-corrected chi connectivity index (χ3v) is 3.95. The molecule has 0 spiro atoms. The van der Waals surface area contributed by atoms with E-state index < -0.39 is 11.2 Å². The van der Waals surface area contributed by atoms with Crippen LogP contribution in [0.2, 0.25) is 5.02 Å². The molecule has 0 aliphatic carbocycles. The van der Waals surface area contributed by atoms with Gasteiger partial charge in [-0.15, -0.1) is 0 Å². The van der Waals surface area contributed by atoms with Gasteiger partial charge in [0.15, 0.2) is 0 Å². The third-order valence-electron chi connectivity index (χ3n) is 3.66. The van der Waals surface area contributed by atoms with Crippen molar-refractivity contribution in [3.05, 3.63) is 23.0 Å². The molecule has 19 heavy (non-hydrogen) atoms. The zero-order chi connectivity index (χ0) is 14.2. The van der Waals surface area contributed by atoms with E-state index in [2.05, 4.69) is 5.32 Å². The lowest BCUT2D eigenvalue weighted by molar-refractivity contribution is -0.128. The van der Waals surface area contributed by atoms with Gasteiger partial charge in [0.25, 0.3) is 0 Å². The van der Waals surface area contributed by atoms with Crippen molar-refractivity contribution in [1.29, 1.82) is 0 Å². The minimum Gasteiger partial charge on any atom is -0.397 e. The normalized spacial score (nSPS) is 22.6. The predicted octanol–water partition coefficient (Wildman–Crippen LogP) is 2.02. The van der Waals surface area contributed by atoms with Crippen LogP contribution in [0, 0.1) is 11.2 Å². The van der Waals surface area contributed by atoms with Gasteiger partial charge in [0.1, 0.15) is 5.82 Å². The van der Waals surface area contributed by atoms with Crippen LogP contribution >= 0.6 is 11.6 Å². The lowest BCUT2D eigenvalue weighted by Crippen LogP contribution is -2.39. The topological polar surface area (TPSA) is 58.4 Å². The summed E-state index contributed by atoms with van der Waals surface area (Å²) in [5, 5.41) is 2.67. The van der Waals surface area contributed by atoms with Gasteiger partial charge >= 0.3 is 0 Å². The minimum atomic E-state index is -0.501. The number of rotatable bonds is 2. The molecule has 1 atom stereocenters. The molecule has 0 saturated carbocycles. The molecule has 1 aromatic carbocycles. The van der Waals surface area contributed by atoms with Gasteiger partial charge in [0.2, 0.25) is 5.91 Å². The maximum absolute atomic E-state index is 13.5. The summed E-state index contributed by atoms with van der Waals surface area (Å²) in [7, 11) is 1.62. The number of nitrogens with one attached hydrogen (secondary N) is 1. The second kappa shape index (κ2) is 4.89. The Hall–Kier alpha value is -1.49. The van der Waals surface area contributed by atoms with E-state index in [0.717, 1.165) is 0 Å². The molecule has 4 nitrogen and oxygen atoms in total. The summed E-state index contributed by atoms with van der Waals surface area (Å²) in [4.78, 5) is 13.8. The van der Waals surface area contributed by atoms with Crippen molar-refractivity contribution < 1.29 is 9.18 Å². The number of nitrogen functional groups attached to an aromatic ring is 1. The Labute approximate surface area is 116 Å². The SMILES string of the molecule is CNC(=O)C1(C)CCN(c2cc(F)c(Cl)cc2N)C1. The molecule has 104 valence electrons. The largest absolute Gasteiger partial charge is 0.397 e. The molecule has 1 saturated heterocycles. The summed E-state index contributed by atoms with van der Waals surface area (Å²) in [6.07, 6.45) is 0.705. The standard InChI is InChI=1S/C13H17ClFN3O/c1-13(12(19)17-2)3-4-18(7-13)11-6-9(15)8(14)5-10(11)16/h5-6H,3-4,7,16H2,1-2H3,(H,17,19). The number of halogens is 2. The van der Waals surface area contributed by atoms with E-state index in [-0.39, 0.29) is 10.9 Å². The maximum atomic E-state index is 13.5. The van der Waals surface area contributed by atoms with E-state index in [9.17, 15) is 9.18 Å². The van der Waals surface area contributed by atoms with E-state index in [1.165, 1.54) is 12.1 Å². The Morgan fingerprint density at radius 1 is 1.58 bits per heavy atom. The molecule has 3 N–H and O–H groups in total. The molecule has 0 radical (unpaired) electrons. The van der Waals surface area contributed by atoms with Gasteiger partial charge < -0.3 is 16.0 Å². The van der Waals surface area contributed by atoms with Crippen molar-refractivity contribution in [1.82, 2.24) is 5.32 Å². The molecule has 1 unspecified atom stereocenters. The lowest BCUT2D eigenvalue weighted by Gasteiger charge is -2.25. The van der Waals surface area contributed by atoms with E-state index in [0.29, 0.717) is 30.9 Å². The smallest absolute Gasteiger partial charge is 0.227 e. The minimum absolute atomic E-state index is 0.00881. The Morgan fingerprint density at radius 2 is 2.26 bits per heavy atom. The van der Waals surface area contributed by atoms with Gasteiger partial charge in [0, 0.05) is 26.2 Å². The molecule has 1 fully saturated rings. The highest BCUT2D eigenvalue weighted by Crippen LogP contribution is 2.37. The van der Waals surface area contributed by atoms with Crippen molar-refractivity contribution in [2.24, 2.45) is 5.41 Å². The second-order valence-electron chi connectivity index (χ2n) is 5.14. The average molecular weight is 286 g/mol. The first-order valence-corrected chi connectivity index (χ1v) is 6.47. The number of carbonyl (C=O) groups excluding carboxylic acids is 1. The fourth-order valence-electron chi connectivity index (χ4n) is 2.48. The summed E-state index contributed by atoms with van der Waals surface area (Å²) in [6, 6.07) is 2.73. The van der Waals surface area contributed by atoms with Crippen molar-refractivity contribution in [3.63, 3.8) is 0 Å². The van der Waals surface area contributed by atoms with E-state index in [1.54, 1.807) is 7.05 Å². The molecule has 1 heterocycles. The summed E-state index contributed by atoms with van der Waals surface area (Å²) in [5.74, 6) is -0.512. The van der Waals surface area contributed by atoms with Gasteiger partial charge in [-0.05, 0) is 19.4 Å². The van der Waals surface area contributed by atoms with Crippen LogP contribution in [0.3, 0.4) is 0 Å². The molecule has 0 bridgehead atoms. The number of hydrogen-bond acceptors (Lipinski definition) is 3. The van der Waals surface area contributed by atoms with Crippen LogP contribution in [0.4, 0.5) is 15.8 Å². The van der Waals surface area contributed by atoms with E-state index in [1.807, 2.05) is 11.8 Å². The van der Waals surface area contributed by atoms with E-state index >= 15 is 0 Å². The molecular weight excluding hydrogens is 269 g/mol. The molecule has 1 aliphatic rings. The molecule has 1 aliphatic heterocycles. The van der Waals surface area contributed by atoms with Crippen LogP contribution in [-0.4, -0.2) is 26.0 Å². The zero-order valence-electron chi connectivity index (χ0n) is 11.0. The summed E-state index contributed by atoms with van der Waals surface area (Å²) < 4.78 is 13.5. The maximum Gasteiger partial charge on any atom is 0.227 e. The fourth-order valence-corrected chi connectivity index (χ4v) is 2.65. The predicted molar refractivity (Wildman–Crippen MR) is 74.8 cm³/mol. The Bertz CT molecular complexity index is 523. The average Bonchev–Trinajstić information content (AvgIpc) is 2.76. The van der Waals surface area contributed by atoms with E-state index in [4.69, 9.17) is 17.3 Å². The van der Waals surface area contributed by atoms with Crippen molar-refractivity contribution in [3.8, 4) is 0 Å². The number of nitrogens with two attached hydrogens (primary N) is 1. The second-order valence-corrected chi connectivity index (χ2v) is 5.54. The summed E-state index contributed by atoms with van der Waals surface area (Å²) in [5.41, 5.74) is 6.41. The van der Waals surface area contributed by atoms with Crippen molar-refractivity contribution >= 4 is 28.9 Å². The number of anilines is 2. The first-order chi connectivity index (χ1) is 8.87.